The minimum absolute atomic E-state index is 0.274. The first kappa shape index (κ1) is 21.9. The lowest BCUT2D eigenvalue weighted by Crippen LogP contribution is -2.48. The van der Waals surface area contributed by atoms with Crippen LogP contribution in [0.1, 0.15) is 0 Å². The first-order chi connectivity index (χ1) is 14.5. The van der Waals surface area contributed by atoms with Gasteiger partial charge in [-0.2, -0.15) is 0 Å². The van der Waals surface area contributed by atoms with Gasteiger partial charge in [0.05, 0.1) is 0 Å². The van der Waals surface area contributed by atoms with Crippen LogP contribution in [-0.2, 0) is 9.53 Å². The second-order valence-corrected chi connectivity index (χ2v) is 7.36. The van der Waals surface area contributed by atoms with Crippen molar-refractivity contribution < 1.29 is 14.3 Å². The zero-order valence-electron chi connectivity index (χ0n) is 16.9. The van der Waals surface area contributed by atoms with Crippen molar-refractivity contribution in [2.75, 3.05) is 57.8 Å². The lowest BCUT2D eigenvalue weighted by atomic mass is 10.1. The van der Waals surface area contributed by atoms with Crippen molar-refractivity contribution in [2.45, 2.75) is 0 Å². The molecule has 1 aromatic heterocycles. The van der Waals surface area contributed by atoms with E-state index in [2.05, 4.69) is 31.5 Å². The third kappa shape index (κ3) is 6.33. The monoisotopic (exact) mass is 431 g/mol. The predicted molar refractivity (Wildman–Crippen MR) is 117 cm³/mol. The lowest BCUT2D eigenvalue weighted by molar-refractivity contribution is -0.123. The number of nitrogens with zero attached hydrogens (tertiary/aromatic N) is 3. The molecule has 0 saturated carbocycles. The lowest BCUT2D eigenvalue weighted by Gasteiger charge is -2.35. The molecule has 8 nitrogen and oxygen atoms in total. The first-order valence-electron chi connectivity index (χ1n) is 9.85. The number of pyridine rings is 1. The summed E-state index contributed by atoms with van der Waals surface area (Å²) in [4.78, 5) is 31.7. The van der Waals surface area contributed by atoms with Crippen LogP contribution in [0.15, 0.2) is 42.6 Å². The summed E-state index contributed by atoms with van der Waals surface area (Å²) >= 11 is 6.07. The van der Waals surface area contributed by atoms with Crippen molar-refractivity contribution in [3.8, 4) is 11.1 Å². The Morgan fingerprint density at radius 3 is 2.60 bits per heavy atom. The maximum atomic E-state index is 11.5. The molecule has 0 spiro atoms. The number of carbonyl (C=O) groups is 2. The quantitative estimate of drug-likeness (QED) is 0.697. The SMILES string of the molecule is CNC(=O)COC(=O)NCCN1CCN(c2ccc(-c3cccc(Cl)c3)cn2)CC1. The largest absolute Gasteiger partial charge is 0.439 e. The van der Waals surface area contributed by atoms with Crippen LogP contribution in [0.3, 0.4) is 0 Å². The smallest absolute Gasteiger partial charge is 0.407 e. The number of alkyl carbamates (subject to hydrolysis) is 1. The Bertz CT molecular complexity index is 854. The van der Waals surface area contributed by atoms with Gasteiger partial charge in [0.1, 0.15) is 5.82 Å². The molecule has 1 saturated heterocycles. The number of anilines is 1. The van der Waals surface area contributed by atoms with E-state index in [1.807, 2.05) is 36.5 Å². The highest BCUT2D eigenvalue weighted by molar-refractivity contribution is 6.30. The Kier molecular flexibility index (Phi) is 7.87. The van der Waals surface area contributed by atoms with Crippen LogP contribution in [-0.4, -0.2) is 74.8 Å². The number of ether oxygens (including phenoxy) is 1. The van der Waals surface area contributed by atoms with Gasteiger partial charge in [0.15, 0.2) is 6.61 Å². The van der Waals surface area contributed by atoms with Gasteiger partial charge in [-0.25, -0.2) is 9.78 Å². The summed E-state index contributed by atoms with van der Waals surface area (Å²) in [6.45, 7) is 4.42. The van der Waals surface area contributed by atoms with Crippen molar-refractivity contribution in [3.05, 3.63) is 47.6 Å². The van der Waals surface area contributed by atoms with Gasteiger partial charge in [0, 0.05) is 63.1 Å². The molecular formula is C21H26ClN5O3. The summed E-state index contributed by atoms with van der Waals surface area (Å²) in [5.74, 6) is 0.617. The fraction of sp³-hybridized carbons (Fsp3) is 0.381. The molecule has 0 radical (unpaired) electrons. The highest BCUT2D eigenvalue weighted by Gasteiger charge is 2.18. The van der Waals surface area contributed by atoms with E-state index in [-0.39, 0.29) is 12.5 Å². The number of aromatic nitrogens is 1. The molecule has 30 heavy (non-hydrogen) atoms. The maximum absolute atomic E-state index is 11.5. The maximum Gasteiger partial charge on any atom is 0.407 e. The molecule has 1 aliphatic heterocycles. The van der Waals surface area contributed by atoms with Crippen LogP contribution in [0.4, 0.5) is 10.6 Å². The Labute approximate surface area is 181 Å². The van der Waals surface area contributed by atoms with E-state index in [1.165, 1.54) is 7.05 Å². The number of hydrogen-bond donors (Lipinski definition) is 2. The predicted octanol–water partition coefficient (Wildman–Crippen LogP) is 2.00. The molecule has 1 fully saturated rings. The molecule has 0 unspecified atom stereocenters. The molecule has 2 amide bonds. The van der Waals surface area contributed by atoms with Crippen molar-refractivity contribution in [1.29, 1.82) is 0 Å². The minimum atomic E-state index is -0.582. The van der Waals surface area contributed by atoms with E-state index >= 15 is 0 Å². The zero-order valence-corrected chi connectivity index (χ0v) is 17.7. The van der Waals surface area contributed by atoms with E-state index in [9.17, 15) is 9.59 Å². The summed E-state index contributed by atoms with van der Waals surface area (Å²) in [5.41, 5.74) is 2.09. The Morgan fingerprint density at radius 1 is 1.13 bits per heavy atom. The minimum Gasteiger partial charge on any atom is -0.439 e. The van der Waals surface area contributed by atoms with Gasteiger partial charge < -0.3 is 20.3 Å². The standard InChI is InChI=1S/C21H26ClN5O3/c1-23-20(28)15-30-21(29)24-7-8-26-9-11-27(12-10-26)19-6-5-17(14-25-19)16-3-2-4-18(22)13-16/h2-6,13-14H,7-12,15H2,1H3,(H,23,28)(H,24,29). The molecule has 160 valence electrons. The number of piperazine rings is 1. The number of likely N-dealkylation sites (N-methyl/N-ethyl adjacent to an activating group) is 1. The number of halogens is 1. The summed E-state index contributed by atoms with van der Waals surface area (Å²) < 4.78 is 4.80. The Balaban J connectivity index is 1.40. The first-order valence-corrected chi connectivity index (χ1v) is 10.2. The van der Waals surface area contributed by atoms with Gasteiger partial charge in [-0.05, 0) is 29.8 Å². The van der Waals surface area contributed by atoms with E-state index in [1.54, 1.807) is 0 Å². The molecular weight excluding hydrogens is 406 g/mol. The summed E-state index contributed by atoms with van der Waals surface area (Å²) in [5, 5.41) is 5.76. The third-order valence-corrected chi connectivity index (χ3v) is 5.15. The van der Waals surface area contributed by atoms with Gasteiger partial charge >= 0.3 is 6.09 Å². The number of benzene rings is 1. The molecule has 2 heterocycles. The van der Waals surface area contributed by atoms with Gasteiger partial charge in [0.2, 0.25) is 0 Å². The molecule has 1 aliphatic rings. The van der Waals surface area contributed by atoms with Crippen LogP contribution in [0.2, 0.25) is 5.02 Å². The van der Waals surface area contributed by atoms with Crippen molar-refractivity contribution in [1.82, 2.24) is 20.5 Å². The van der Waals surface area contributed by atoms with Crippen LogP contribution in [0.25, 0.3) is 11.1 Å². The third-order valence-electron chi connectivity index (χ3n) is 4.91. The van der Waals surface area contributed by atoms with Crippen LogP contribution in [0.5, 0.6) is 0 Å². The number of amides is 2. The average Bonchev–Trinajstić information content (AvgIpc) is 2.78. The number of rotatable bonds is 7. The van der Waals surface area contributed by atoms with Crippen LogP contribution < -0.4 is 15.5 Å². The van der Waals surface area contributed by atoms with Crippen molar-refractivity contribution >= 4 is 29.4 Å². The number of hydrogen-bond acceptors (Lipinski definition) is 6. The van der Waals surface area contributed by atoms with E-state index in [0.29, 0.717) is 11.6 Å². The fourth-order valence-corrected chi connectivity index (χ4v) is 3.37. The highest BCUT2D eigenvalue weighted by atomic mass is 35.5. The number of nitrogens with one attached hydrogen (secondary N) is 2. The van der Waals surface area contributed by atoms with Gasteiger partial charge in [-0.3, -0.25) is 9.69 Å². The van der Waals surface area contributed by atoms with Gasteiger partial charge in [-0.15, -0.1) is 0 Å². The second-order valence-electron chi connectivity index (χ2n) is 6.92. The molecule has 0 aliphatic carbocycles. The van der Waals surface area contributed by atoms with E-state index in [0.717, 1.165) is 49.7 Å². The van der Waals surface area contributed by atoms with Gasteiger partial charge in [0.25, 0.3) is 5.91 Å². The van der Waals surface area contributed by atoms with E-state index < -0.39 is 6.09 Å². The molecule has 0 bridgehead atoms. The molecule has 0 atom stereocenters. The molecule has 1 aromatic carbocycles. The van der Waals surface area contributed by atoms with Gasteiger partial charge in [-0.1, -0.05) is 23.7 Å². The summed E-state index contributed by atoms with van der Waals surface area (Å²) in [6, 6.07) is 11.8. The Hall–Kier alpha value is -2.84. The highest BCUT2D eigenvalue weighted by Crippen LogP contribution is 2.24. The topological polar surface area (TPSA) is 86.8 Å². The van der Waals surface area contributed by atoms with Crippen molar-refractivity contribution in [2.24, 2.45) is 0 Å². The molecule has 2 N–H and O–H groups in total. The second kappa shape index (κ2) is 10.8. The summed E-state index contributed by atoms with van der Waals surface area (Å²) in [7, 11) is 1.49. The van der Waals surface area contributed by atoms with Crippen LogP contribution >= 0.6 is 11.6 Å². The average molecular weight is 432 g/mol. The van der Waals surface area contributed by atoms with Crippen LogP contribution in [0, 0.1) is 0 Å². The fourth-order valence-electron chi connectivity index (χ4n) is 3.18. The molecule has 2 aromatic rings. The molecule has 9 heteroatoms. The Morgan fingerprint density at radius 2 is 1.93 bits per heavy atom. The zero-order chi connectivity index (χ0) is 21.3. The van der Waals surface area contributed by atoms with Crippen molar-refractivity contribution in [3.63, 3.8) is 0 Å². The normalized spacial score (nSPS) is 14.3. The summed E-state index contributed by atoms with van der Waals surface area (Å²) in [6.07, 6.45) is 1.29. The van der Waals surface area contributed by atoms with E-state index in [4.69, 9.17) is 16.3 Å². The molecule has 3 rings (SSSR count). The number of carbonyl (C=O) groups excluding carboxylic acids is 2.